The van der Waals surface area contributed by atoms with E-state index >= 15 is 0 Å². The average molecular weight is 241 g/mol. The van der Waals surface area contributed by atoms with Crippen LogP contribution in [-0.4, -0.2) is 22.2 Å². The molecule has 0 radical (unpaired) electrons. The first kappa shape index (κ1) is 16.2. The lowest BCUT2D eigenvalue weighted by atomic mass is 9.77. The summed E-state index contributed by atoms with van der Waals surface area (Å²) >= 11 is 0. The fourth-order valence-electron chi connectivity index (χ4n) is 2.83. The molecule has 1 aliphatic rings. The number of aliphatic carboxylic acids is 1. The molecule has 1 fully saturated rings. The Balaban J connectivity index is 0.000000366. The molecule has 100 valence electrons. The van der Waals surface area contributed by atoms with Gasteiger partial charge in [-0.15, -0.1) is 0 Å². The monoisotopic (exact) mass is 241 g/mol. The summed E-state index contributed by atoms with van der Waals surface area (Å²) in [4.78, 5) is 9.60. The van der Waals surface area contributed by atoms with Crippen LogP contribution in [0.1, 0.15) is 54.4 Å². The van der Waals surface area contributed by atoms with Crippen LogP contribution >= 0.6 is 0 Å². The van der Waals surface area contributed by atoms with Gasteiger partial charge in [0.25, 0.3) is 0 Å². The van der Waals surface area contributed by atoms with Gasteiger partial charge in [0.2, 0.25) is 0 Å². The Labute approximate surface area is 105 Å². The number of hydrogen-bond donors (Lipinski definition) is 2. The van der Waals surface area contributed by atoms with Crippen LogP contribution in [0, 0.1) is 5.92 Å². The molecule has 1 aliphatic heterocycles. The maximum atomic E-state index is 9.60. The number of carboxylic acid groups (broad SMARTS) is 1. The summed E-state index contributed by atoms with van der Waals surface area (Å²) in [6, 6.07) is 0. The molecule has 0 unspecified atom stereocenters. The third-order valence-electron chi connectivity index (χ3n) is 2.76. The standard InChI is InChI=1S/C10H21N.C4H6O2/c1-8-6-9(2,3)11-10(4,5)7-8;1-3(2)4(5)6/h8,11H,6-7H2,1-5H3;1H2,2H3,(H,5,6). The number of hydrogen-bond acceptors (Lipinski definition) is 2. The molecule has 0 aliphatic carbocycles. The summed E-state index contributed by atoms with van der Waals surface area (Å²) in [7, 11) is 0. The number of carboxylic acids is 1. The second-order valence-electron chi connectivity index (χ2n) is 6.49. The van der Waals surface area contributed by atoms with Gasteiger partial charge < -0.3 is 10.4 Å². The third-order valence-corrected chi connectivity index (χ3v) is 2.76. The van der Waals surface area contributed by atoms with Gasteiger partial charge in [0.05, 0.1) is 0 Å². The van der Waals surface area contributed by atoms with Crippen LogP contribution in [0.2, 0.25) is 0 Å². The Morgan fingerprint density at radius 2 is 1.53 bits per heavy atom. The third kappa shape index (κ3) is 7.16. The average Bonchev–Trinajstić information content (AvgIpc) is 1.96. The van der Waals surface area contributed by atoms with E-state index in [0.29, 0.717) is 11.1 Å². The van der Waals surface area contributed by atoms with Gasteiger partial charge in [-0.1, -0.05) is 13.5 Å². The van der Waals surface area contributed by atoms with E-state index in [4.69, 9.17) is 5.11 Å². The van der Waals surface area contributed by atoms with E-state index in [1.54, 1.807) is 0 Å². The normalized spacial score (nSPS) is 22.2. The molecule has 0 amide bonds. The maximum absolute atomic E-state index is 9.60. The van der Waals surface area contributed by atoms with Gasteiger partial charge in [-0.25, -0.2) is 4.79 Å². The van der Waals surface area contributed by atoms with Crippen LogP contribution < -0.4 is 5.32 Å². The van der Waals surface area contributed by atoms with Gasteiger partial charge >= 0.3 is 5.97 Å². The number of nitrogens with one attached hydrogen (secondary N) is 1. The first-order valence-corrected chi connectivity index (χ1v) is 6.13. The maximum Gasteiger partial charge on any atom is 0.330 e. The molecule has 0 bridgehead atoms. The van der Waals surface area contributed by atoms with Crippen molar-refractivity contribution in [1.82, 2.24) is 5.32 Å². The van der Waals surface area contributed by atoms with Crippen molar-refractivity contribution in [2.24, 2.45) is 5.92 Å². The molecule has 0 saturated carbocycles. The minimum atomic E-state index is -0.935. The second-order valence-corrected chi connectivity index (χ2v) is 6.49. The topological polar surface area (TPSA) is 49.3 Å². The fraction of sp³-hybridized carbons (Fsp3) is 0.786. The summed E-state index contributed by atoms with van der Waals surface area (Å²) in [5.41, 5.74) is 0.845. The van der Waals surface area contributed by atoms with Gasteiger partial charge in [-0.2, -0.15) is 0 Å². The minimum Gasteiger partial charge on any atom is -0.478 e. The van der Waals surface area contributed by atoms with Crippen LogP contribution in [0.5, 0.6) is 0 Å². The zero-order valence-electron chi connectivity index (χ0n) is 12.1. The minimum absolute atomic E-state index is 0.176. The molecular formula is C14H27NO2. The SMILES string of the molecule is C=C(C)C(=O)O.CC1CC(C)(C)NC(C)(C)C1. The van der Waals surface area contributed by atoms with Gasteiger partial charge in [0.15, 0.2) is 0 Å². The summed E-state index contributed by atoms with van der Waals surface area (Å²) in [6.07, 6.45) is 2.60. The van der Waals surface area contributed by atoms with Crippen LogP contribution in [0.25, 0.3) is 0 Å². The van der Waals surface area contributed by atoms with E-state index in [0.717, 1.165) is 5.92 Å². The van der Waals surface area contributed by atoms with Crippen molar-refractivity contribution < 1.29 is 9.90 Å². The highest BCUT2D eigenvalue weighted by atomic mass is 16.4. The smallest absolute Gasteiger partial charge is 0.330 e. The van der Waals surface area contributed by atoms with Gasteiger partial charge in [0, 0.05) is 16.7 Å². The molecule has 1 saturated heterocycles. The largest absolute Gasteiger partial charge is 0.478 e. The quantitative estimate of drug-likeness (QED) is 0.693. The van der Waals surface area contributed by atoms with Gasteiger partial charge in [-0.3, -0.25) is 0 Å². The highest BCUT2D eigenvalue weighted by Gasteiger charge is 2.35. The zero-order chi connectivity index (χ0) is 13.9. The van der Waals surface area contributed by atoms with Gasteiger partial charge in [0.1, 0.15) is 0 Å². The lowest BCUT2D eigenvalue weighted by Crippen LogP contribution is -2.57. The van der Waals surface area contributed by atoms with Crippen molar-refractivity contribution in [3.05, 3.63) is 12.2 Å². The zero-order valence-corrected chi connectivity index (χ0v) is 12.1. The van der Waals surface area contributed by atoms with Crippen LogP contribution in [0.15, 0.2) is 12.2 Å². The molecule has 0 aromatic rings. The molecule has 0 aromatic heterocycles. The van der Waals surface area contributed by atoms with E-state index in [-0.39, 0.29) is 5.57 Å². The first-order valence-electron chi connectivity index (χ1n) is 6.13. The lowest BCUT2D eigenvalue weighted by molar-refractivity contribution is -0.132. The number of rotatable bonds is 1. The molecule has 0 spiro atoms. The molecule has 1 rings (SSSR count). The Hall–Kier alpha value is -0.830. The summed E-state index contributed by atoms with van der Waals surface area (Å²) < 4.78 is 0. The molecule has 0 atom stereocenters. The second kappa shape index (κ2) is 5.67. The molecule has 3 heteroatoms. The lowest BCUT2D eigenvalue weighted by Gasteiger charge is -2.45. The van der Waals surface area contributed by atoms with E-state index in [2.05, 4.69) is 46.5 Å². The van der Waals surface area contributed by atoms with E-state index in [9.17, 15) is 4.79 Å². The Kier molecular flexibility index (Phi) is 5.40. The number of piperidine rings is 1. The molecule has 17 heavy (non-hydrogen) atoms. The van der Waals surface area contributed by atoms with Crippen molar-refractivity contribution >= 4 is 5.97 Å². The fourth-order valence-corrected chi connectivity index (χ4v) is 2.83. The predicted molar refractivity (Wildman–Crippen MR) is 72.1 cm³/mol. The van der Waals surface area contributed by atoms with Crippen LogP contribution in [-0.2, 0) is 4.79 Å². The first-order chi connectivity index (χ1) is 7.45. The van der Waals surface area contributed by atoms with Crippen molar-refractivity contribution in [3.63, 3.8) is 0 Å². The summed E-state index contributed by atoms with van der Waals surface area (Å²) in [5.74, 6) is -0.0729. The number of carbonyl (C=O) groups is 1. The van der Waals surface area contributed by atoms with E-state index < -0.39 is 5.97 Å². The Bertz CT molecular complexity index is 265. The Morgan fingerprint density at radius 1 is 1.24 bits per heavy atom. The van der Waals surface area contributed by atoms with Crippen molar-refractivity contribution in [3.8, 4) is 0 Å². The van der Waals surface area contributed by atoms with Crippen molar-refractivity contribution in [1.29, 1.82) is 0 Å². The molecule has 1 heterocycles. The Morgan fingerprint density at radius 3 is 1.71 bits per heavy atom. The molecule has 0 aromatic carbocycles. The highest BCUT2D eigenvalue weighted by Crippen LogP contribution is 2.31. The summed E-state index contributed by atoms with van der Waals surface area (Å²) in [5, 5.41) is 11.6. The summed E-state index contributed by atoms with van der Waals surface area (Å²) in [6.45, 7) is 16.1. The van der Waals surface area contributed by atoms with E-state index in [1.807, 2.05) is 0 Å². The van der Waals surface area contributed by atoms with Gasteiger partial charge in [-0.05, 0) is 53.4 Å². The predicted octanol–water partition coefficient (Wildman–Crippen LogP) is 3.21. The molecular weight excluding hydrogens is 214 g/mol. The molecule has 2 N–H and O–H groups in total. The highest BCUT2D eigenvalue weighted by molar-refractivity contribution is 5.84. The van der Waals surface area contributed by atoms with Crippen LogP contribution in [0.4, 0.5) is 0 Å². The molecule has 3 nitrogen and oxygen atoms in total. The van der Waals surface area contributed by atoms with Crippen molar-refractivity contribution in [2.75, 3.05) is 0 Å². The van der Waals surface area contributed by atoms with Crippen LogP contribution in [0.3, 0.4) is 0 Å². The van der Waals surface area contributed by atoms with E-state index in [1.165, 1.54) is 19.8 Å². The van der Waals surface area contributed by atoms with Crippen molar-refractivity contribution in [2.45, 2.75) is 65.5 Å².